The third-order valence-corrected chi connectivity index (χ3v) is 6.22. The number of nitrogens with zero attached hydrogens (tertiary/aromatic N) is 1. The highest BCUT2D eigenvalue weighted by Gasteiger charge is 2.26. The van der Waals surface area contributed by atoms with E-state index >= 15 is 0 Å². The molecule has 8 nitrogen and oxygen atoms in total. The number of carbonyl (C=O) groups excluding carboxylic acids is 1. The molecule has 0 unspecified atom stereocenters. The number of hydrogen-bond donors (Lipinski definition) is 3. The molecule has 0 fully saturated rings. The maximum absolute atomic E-state index is 13.0. The Balaban J connectivity index is 1.38. The molecule has 1 amide bonds. The summed E-state index contributed by atoms with van der Waals surface area (Å²) < 4.78 is 16.1. The standard InChI is InChI=1S/C25H26N4O4/c1-31-15-8-9-18-17(12-15)16-5-4-6-19(24(16)26-18)27-25(30)21-13-20(28-29-21)14-7-10-22(32-2)23(11-14)33-3/h7-13,19,26H,4-6H2,1-3H3,(H,27,30)(H,28,29)/t19-/m1/s1. The van der Waals surface area contributed by atoms with Gasteiger partial charge in [0.1, 0.15) is 11.4 Å². The maximum Gasteiger partial charge on any atom is 0.269 e. The number of H-pyrrole nitrogens is 2. The highest BCUT2D eigenvalue weighted by molar-refractivity contribution is 5.94. The summed E-state index contributed by atoms with van der Waals surface area (Å²) in [5, 5.41) is 11.5. The molecule has 1 atom stereocenters. The van der Waals surface area contributed by atoms with Crippen molar-refractivity contribution in [3.05, 3.63) is 59.4 Å². The fourth-order valence-electron chi connectivity index (χ4n) is 4.53. The van der Waals surface area contributed by atoms with Crippen LogP contribution in [0.25, 0.3) is 22.2 Å². The Hall–Kier alpha value is -3.94. The number of ether oxygens (including phenoxy) is 3. The second-order valence-corrected chi connectivity index (χ2v) is 8.08. The molecule has 170 valence electrons. The zero-order valence-electron chi connectivity index (χ0n) is 18.8. The van der Waals surface area contributed by atoms with E-state index in [-0.39, 0.29) is 11.9 Å². The van der Waals surface area contributed by atoms with Crippen molar-refractivity contribution in [2.75, 3.05) is 21.3 Å². The molecule has 4 aromatic rings. The first-order valence-electron chi connectivity index (χ1n) is 10.9. The number of fused-ring (bicyclic) bond motifs is 3. The Labute approximate surface area is 191 Å². The van der Waals surface area contributed by atoms with Gasteiger partial charge in [-0.05, 0) is 67.3 Å². The van der Waals surface area contributed by atoms with Crippen LogP contribution in [-0.2, 0) is 6.42 Å². The summed E-state index contributed by atoms with van der Waals surface area (Å²) in [5.41, 5.74) is 5.26. The third kappa shape index (κ3) is 3.77. The first kappa shape index (κ1) is 20.9. The van der Waals surface area contributed by atoms with Crippen molar-refractivity contribution < 1.29 is 19.0 Å². The predicted octanol–water partition coefficient (Wildman–Crippen LogP) is 4.39. The quantitative estimate of drug-likeness (QED) is 0.408. The number of rotatable bonds is 6. The van der Waals surface area contributed by atoms with E-state index in [1.807, 2.05) is 30.3 Å². The fraction of sp³-hybridized carbons (Fsp3) is 0.280. The third-order valence-electron chi connectivity index (χ3n) is 6.22. The number of carbonyl (C=O) groups is 1. The van der Waals surface area contributed by atoms with Gasteiger partial charge in [0.15, 0.2) is 11.5 Å². The molecule has 1 aliphatic rings. The lowest BCUT2D eigenvalue weighted by molar-refractivity contribution is 0.0927. The van der Waals surface area contributed by atoms with Crippen LogP contribution in [-0.4, -0.2) is 42.4 Å². The summed E-state index contributed by atoms with van der Waals surface area (Å²) in [6, 6.07) is 13.2. The van der Waals surface area contributed by atoms with Crippen LogP contribution in [0, 0.1) is 0 Å². The van der Waals surface area contributed by atoms with Crippen LogP contribution in [0.3, 0.4) is 0 Å². The Morgan fingerprint density at radius 2 is 1.88 bits per heavy atom. The number of aromatic amines is 2. The Kier molecular flexibility index (Phi) is 5.42. The lowest BCUT2D eigenvalue weighted by Crippen LogP contribution is -2.31. The zero-order chi connectivity index (χ0) is 22.9. The molecule has 8 heteroatoms. The van der Waals surface area contributed by atoms with Crippen LogP contribution in [0.4, 0.5) is 0 Å². The molecule has 0 saturated heterocycles. The summed E-state index contributed by atoms with van der Waals surface area (Å²) in [4.78, 5) is 16.6. The second-order valence-electron chi connectivity index (χ2n) is 8.08. The van der Waals surface area contributed by atoms with Crippen LogP contribution in [0.1, 0.15) is 40.6 Å². The molecule has 0 aliphatic heterocycles. The van der Waals surface area contributed by atoms with Crippen LogP contribution < -0.4 is 19.5 Å². The molecular weight excluding hydrogens is 420 g/mol. The molecule has 5 rings (SSSR count). The number of aryl methyl sites for hydroxylation is 1. The van der Waals surface area contributed by atoms with E-state index in [4.69, 9.17) is 14.2 Å². The highest BCUT2D eigenvalue weighted by atomic mass is 16.5. The number of nitrogens with one attached hydrogen (secondary N) is 3. The van der Waals surface area contributed by atoms with E-state index in [1.165, 1.54) is 5.56 Å². The van der Waals surface area contributed by atoms with Gasteiger partial charge in [-0.15, -0.1) is 0 Å². The minimum Gasteiger partial charge on any atom is -0.497 e. The summed E-state index contributed by atoms with van der Waals surface area (Å²) in [5.74, 6) is 1.88. The molecule has 0 spiro atoms. The summed E-state index contributed by atoms with van der Waals surface area (Å²) >= 11 is 0. The minimum atomic E-state index is -0.191. The van der Waals surface area contributed by atoms with Crippen molar-refractivity contribution in [1.82, 2.24) is 20.5 Å². The Morgan fingerprint density at radius 3 is 2.67 bits per heavy atom. The van der Waals surface area contributed by atoms with Gasteiger partial charge in [0.2, 0.25) is 0 Å². The predicted molar refractivity (Wildman–Crippen MR) is 125 cm³/mol. The summed E-state index contributed by atoms with van der Waals surface area (Å²) in [6.07, 6.45) is 2.85. The van der Waals surface area contributed by atoms with E-state index in [1.54, 1.807) is 27.4 Å². The number of benzene rings is 2. The van der Waals surface area contributed by atoms with Crippen molar-refractivity contribution in [3.8, 4) is 28.5 Å². The SMILES string of the molecule is COc1ccc2[nH]c3c(c2c1)CCC[C@H]3NC(=O)c1cc(-c2ccc(OC)c(OC)c2)n[nH]1. The summed E-state index contributed by atoms with van der Waals surface area (Å²) in [6.45, 7) is 0. The van der Waals surface area contributed by atoms with Gasteiger partial charge >= 0.3 is 0 Å². The molecule has 33 heavy (non-hydrogen) atoms. The van der Waals surface area contributed by atoms with Crippen molar-refractivity contribution in [2.24, 2.45) is 0 Å². The van der Waals surface area contributed by atoms with E-state index in [0.717, 1.165) is 47.2 Å². The molecule has 2 aromatic carbocycles. The van der Waals surface area contributed by atoms with E-state index in [9.17, 15) is 4.79 Å². The van der Waals surface area contributed by atoms with Gasteiger partial charge in [-0.25, -0.2) is 0 Å². The Morgan fingerprint density at radius 1 is 1.03 bits per heavy atom. The van der Waals surface area contributed by atoms with Gasteiger partial charge in [0, 0.05) is 22.2 Å². The molecule has 0 radical (unpaired) electrons. The average Bonchev–Trinajstić information content (AvgIpc) is 3.49. The largest absolute Gasteiger partial charge is 0.497 e. The van der Waals surface area contributed by atoms with Crippen LogP contribution in [0.5, 0.6) is 17.2 Å². The number of hydrogen-bond acceptors (Lipinski definition) is 5. The van der Waals surface area contributed by atoms with Gasteiger partial charge in [-0.2, -0.15) is 5.10 Å². The Bertz CT molecular complexity index is 1320. The van der Waals surface area contributed by atoms with Gasteiger partial charge < -0.3 is 24.5 Å². The second kappa shape index (κ2) is 8.54. The molecule has 2 aromatic heterocycles. The highest BCUT2D eigenvalue weighted by Crippen LogP contribution is 2.36. The smallest absolute Gasteiger partial charge is 0.269 e. The molecule has 3 N–H and O–H groups in total. The molecule has 2 heterocycles. The topological polar surface area (TPSA) is 101 Å². The van der Waals surface area contributed by atoms with Gasteiger partial charge in [0.05, 0.1) is 33.1 Å². The van der Waals surface area contributed by atoms with Gasteiger partial charge in [-0.1, -0.05) is 0 Å². The van der Waals surface area contributed by atoms with Gasteiger partial charge in [0.25, 0.3) is 5.91 Å². The van der Waals surface area contributed by atoms with Crippen molar-refractivity contribution in [2.45, 2.75) is 25.3 Å². The molecule has 1 aliphatic carbocycles. The number of methoxy groups -OCH3 is 3. The van der Waals surface area contributed by atoms with Gasteiger partial charge in [-0.3, -0.25) is 9.89 Å². The molecule has 0 saturated carbocycles. The van der Waals surface area contributed by atoms with E-state index in [0.29, 0.717) is 22.9 Å². The fourth-order valence-corrected chi connectivity index (χ4v) is 4.53. The lowest BCUT2D eigenvalue weighted by atomic mass is 9.91. The van der Waals surface area contributed by atoms with Crippen LogP contribution in [0.15, 0.2) is 42.5 Å². The van der Waals surface area contributed by atoms with E-state index < -0.39 is 0 Å². The zero-order valence-corrected chi connectivity index (χ0v) is 18.8. The van der Waals surface area contributed by atoms with Crippen LogP contribution in [0.2, 0.25) is 0 Å². The summed E-state index contributed by atoms with van der Waals surface area (Å²) in [7, 11) is 4.85. The first-order valence-corrected chi connectivity index (χ1v) is 10.9. The lowest BCUT2D eigenvalue weighted by Gasteiger charge is -2.23. The maximum atomic E-state index is 13.0. The molecular formula is C25H26N4O4. The monoisotopic (exact) mass is 446 g/mol. The normalized spacial score (nSPS) is 15.2. The number of amides is 1. The van der Waals surface area contributed by atoms with E-state index in [2.05, 4.69) is 26.6 Å². The van der Waals surface area contributed by atoms with Crippen LogP contribution >= 0.6 is 0 Å². The minimum absolute atomic E-state index is 0.0903. The molecule has 0 bridgehead atoms. The van der Waals surface area contributed by atoms with Crippen molar-refractivity contribution in [3.63, 3.8) is 0 Å². The number of aromatic nitrogens is 3. The average molecular weight is 447 g/mol. The first-order chi connectivity index (χ1) is 16.1. The van der Waals surface area contributed by atoms with Crippen molar-refractivity contribution in [1.29, 1.82) is 0 Å². The van der Waals surface area contributed by atoms with Crippen molar-refractivity contribution >= 4 is 16.8 Å².